The average Bonchev–Trinajstić information content (AvgIpc) is 3.28. The number of hydrogen-bond donors (Lipinski definition) is 0. The van der Waals surface area contributed by atoms with Crippen molar-refractivity contribution < 1.29 is 4.79 Å². The molecule has 5 nitrogen and oxygen atoms in total. The first-order valence-electron chi connectivity index (χ1n) is 12.7. The molecule has 1 amide bonds. The van der Waals surface area contributed by atoms with Gasteiger partial charge in [-0.3, -0.25) is 4.79 Å². The van der Waals surface area contributed by atoms with Crippen molar-refractivity contribution in [2.24, 2.45) is 5.92 Å². The van der Waals surface area contributed by atoms with Gasteiger partial charge >= 0.3 is 0 Å². The molecule has 33 heavy (non-hydrogen) atoms. The maximum atomic E-state index is 13.9. The molecule has 0 atom stereocenters. The molecule has 0 N–H and O–H groups in total. The van der Waals surface area contributed by atoms with Gasteiger partial charge in [0.2, 0.25) is 0 Å². The van der Waals surface area contributed by atoms with Gasteiger partial charge in [-0.15, -0.1) is 0 Å². The molecule has 1 aliphatic carbocycles. The summed E-state index contributed by atoms with van der Waals surface area (Å²) < 4.78 is 2.09. The van der Waals surface area contributed by atoms with Crippen LogP contribution in [0.5, 0.6) is 0 Å². The molecule has 1 saturated heterocycles. The third kappa shape index (κ3) is 4.38. The van der Waals surface area contributed by atoms with Gasteiger partial charge in [0, 0.05) is 37.6 Å². The number of rotatable bonds is 5. The first-order valence-corrected chi connectivity index (χ1v) is 12.7. The molecule has 2 aliphatic rings. The number of carbonyl (C=O) groups excluding carboxylic acids is 1. The van der Waals surface area contributed by atoms with Crippen molar-refractivity contribution in [2.75, 3.05) is 31.1 Å². The van der Waals surface area contributed by atoms with Crippen LogP contribution in [-0.4, -0.2) is 46.6 Å². The lowest BCUT2D eigenvalue weighted by Crippen LogP contribution is -2.49. The zero-order valence-electron chi connectivity index (χ0n) is 20.1. The molecule has 1 aromatic carbocycles. The van der Waals surface area contributed by atoms with Gasteiger partial charge in [0.1, 0.15) is 0 Å². The molecule has 174 valence electrons. The standard InChI is InChI=1S/C28H36N4O/c1-3-23-14-15-26-25(20-22-10-6-4-7-11-22)27(21(2)29-32(23)26)28(33)31-18-16-30(17-19-31)24-12-8-5-9-13-24/h5,8-9,12-15,22H,3-4,6-7,10-11,16-20H2,1-2H3. The molecule has 2 fully saturated rings. The fourth-order valence-corrected chi connectivity index (χ4v) is 5.77. The summed E-state index contributed by atoms with van der Waals surface area (Å²) in [5, 5.41) is 4.90. The Balaban J connectivity index is 1.44. The number of anilines is 1. The predicted octanol–water partition coefficient (Wildman–Crippen LogP) is 5.29. The van der Waals surface area contributed by atoms with E-state index in [1.807, 2.05) is 11.8 Å². The van der Waals surface area contributed by atoms with Crippen LogP contribution in [0, 0.1) is 12.8 Å². The zero-order chi connectivity index (χ0) is 22.8. The minimum absolute atomic E-state index is 0.167. The first-order chi connectivity index (χ1) is 16.2. The van der Waals surface area contributed by atoms with Crippen LogP contribution in [0.1, 0.15) is 66.3 Å². The lowest BCUT2D eigenvalue weighted by Gasteiger charge is -2.36. The highest BCUT2D eigenvalue weighted by Gasteiger charge is 2.29. The highest BCUT2D eigenvalue weighted by molar-refractivity contribution is 5.98. The quantitative estimate of drug-likeness (QED) is 0.537. The molecular formula is C28H36N4O. The number of aryl methyl sites for hydroxylation is 2. The van der Waals surface area contributed by atoms with Gasteiger partial charge in [-0.2, -0.15) is 5.10 Å². The van der Waals surface area contributed by atoms with Gasteiger partial charge in [-0.25, -0.2) is 4.52 Å². The summed E-state index contributed by atoms with van der Waals surface area (Å²) in [6.45, 7) is 7.44. The van der Waals surface area contributed by atoms with E-state index in [1.54, 1.807) is 0 Å². The van der Waals surface area contributed by atoms with Crippen molar-refractivity contribution in [1.82, 2.24) is 14.5 Å². The van der Waals surface area contributed by atoms with Crippen LogP contribution in [0.4, 0.5) is 5.69 Å². The Morgan fingerprint density at radius 3 is 2.39 bits per heavy atom. The topological polar surface area (TPSA) is 40.9 Å². The van der Waals surface area contributed by atoms with Crippen molar-refractivity contribution >= 4 is 17.1 Å². The fourth-order valence-electron chi connectivity index (χ4n) is 5.77. The Morgan fingerprint density at radius 1 is 0.970 bits per heavy atom. The van der Waals surface area contributed by atoms with Crippen molar-refractivity contribution in [3.8, 4) is 0 Å². The molecule has 1 aliphatic heterocycles. The number of carbonyl (C=O) groups is 1. The van der Waals surface area contributed by atoms with Crippen molar-refractivity contribution in [3.63, 3.8) is 0 Å². The number of aromatic nitrogens is 2. The van der Waals surface area contributed by atoms with Crippen LogP contribution < -0.4 is 4.90 Å². The normalized spacial score (nSPS) is 17.6. The average molecular weight is 445 g/mol. The number of amides is 1. The maximum Gasteiger partial charge on any atom is 0.256 e. The van der Waals surface area contributed by atoms with Gasteiger partial charge in [0.25, 0.3) is 5.91 Å². The van der Waals surface area contributed by atoms with Crippen LogP contribution in [0.3, 0.4) is 0 Å². The van der Waals surface area contributed by atoms with E-state index in [0.717, 1.165) is 55.8 Å². The SMILES string of the molecule is CCc1ccc2c(CC3CCCCC3)c(C(=O)N3CCN(c4ccccc4)CC3)c(C)nn12. The van der Waals surface area contributed by atoms with E-state index in [1.165, 1.54) is 49.0 Å². The predicted molar refractivity (Wildman–Crippen MR) is 134 cm³/mol. The van der Waals surface area contributed by atoms with E-state index in [2.05, 4.69) is 58.8 Å². The minimum atomic E-state index is 0.167. The van der Waals surface area contributed by atoms with Crippen molar-refractivity contribution in [2.45, 2.75) is 58.8 Å². The van der Waals surface area contributed by atoms with Crippen LogP contribution in [0.25, 0.3) is 5.52 Å². The van der Waals surface area contributed by atoms with Gasteiger partial charge in [-0.1, -0.05) is 57.2 Å². The molecule has 0 unspecified atom stereocenters. The second kappa shape index (κ2) is 9.58. The number of fused-ring (bicyclic) bond motifs is 1. The zero-order valence-corrected chi connectivity index (χ0v) is 20.1. The minimum Gasteiger partial charge on any atom is -0.368 e. The number of nitrogens with zero attached hydrogens (tertiary/aromatic N) is 4. The van der Waals surface area contributed by atoms with Crippen molar-refractivity contribution in [1.29, 1.82) is 0 Å². The second-order valence-electron chi connectivity index (χ2n) is 9.74. The summed E-state index contributed by atoms with van der Waals surface area (Å²) in [5.74, 6) is 0.839. The highest BCUT2D eigenvalue weighted by atomic mass is 16.2. The largest absolute Gasteiger partial charge is 0.368 e. The number of para-hydroxylation sites is 1. The number of benzene rings is 1. The summed E-state index contributed by atoms with van der Waals surface area (Å²) in [6, 6.07) is 14.9. The van der Waals surface area contributed by atoms with Gasteiger partial charge in [0.15, 0.2) is 0 Å². The number of hydrogen-bond acceptors (Lipinski definition) is 3. The molecule has 1 saturated carbocycles. The molecule has 5 heteroatoms. The van der Waals surface area contributed by atoms with E-state index in [4.69, 9.17) is 5.10 Å². The van der Waals surface area contributed by atoms with E-state index < -0.39 is 0 Å². The lowest BCUT2D eigenvalue weighted by molar-refractivity contribution is 0.0744. The van der Waals surface area contributed by atoms with Crippen LogP contribution in [-0.2, 0) is 12.8 Å². The lowest BCUT2D eigenvalue weighted by atomic mass is 9.83. The van der Waals surface area contributed by atoms with Gasteiger partial charge in [0.05, 0.1) is 16.8 Å². The van der Waals surface area contributed by atoms with Gasteiger partial charge in [-0.05, 0) is 55.5 Å². The van der Waals surface area contributed by atoms with E-state index >= 15 is 0 Å². The first kappa shape index (κ1) is 22.0. The third-order valence-corrected chi connectivity index (χ3v) is 7.64. The molecule has 3 heterocycles. The van der Waals surface area contributed by atoms with Crippen LogP contribution in [0.2, 0.25) is 0 Å². The maximum absolute atomic E-state index is 13.9. The van der Waals surface area contributed by atoms with Gasteiger partial charge < -0.3 is 9.80 Å². The summed E-state index contributed by atoms with van der Waals surface area (Å²) in [6.07, 6.45) is 8.47. The second-order valence-corrected chi connectivity index (χ2v) is 9.74. The van der Waals surface area contributed by atoms with E-state index in [-0.39, 0.29) is 5.91 Å². The van der Waals surface area contributed by atoms with Crippen molar-refractivity contribution in [3.05, 3.63) is 65.0 Å². The molecule has 0 radical (unpaired) electrons. The summed E-state index contributed by atoms with van der Waals surface area (Å²) in [4.78, 5) is 18.3. The van der Waals surface area contributed by atoms with E-state index in [0.29, 0.717) is 5.92 Å². The summed E-state index contributed by atoms with van der Waals surface area (Å²) in [5.41, 5.74) is 6.55. The fraction of sp³-hybridized carbons (Fsp3) is 0.500. The Kier molecular flexibility index (Phi) is 6.39. The number of piperazine rings is 1. The summed E-state index contributed by atoms with van der Waals surface area (Å²) in [7, 11) is 0. The Morgan fingerprint density at radius 2 is 1.70 bits per heavy atom. The molecule has 5 rings (SSSR count). The molecule has 3 aromatic rings. The Bertz CT molecular complexity index is 1110. The monoisotopic (exact) mass is 444 g/mol. The third-order valence-electron chi connectivity index (χ3n) is 7.64. The van der Waals surface area contributed by atoms with Crippen LogP contribution in [0.15, 0.2) is 42.5 Å². The Hall–Kier alpha value is -2.82. The molecular weight excluding hydrogens is 408 g/mol. The summed E-state index contributed by atoms with van der Waals surface area (Å²) >= 11 is 0. The smallest absolute Gasteiger partial charge is 0.256 e. The molecule has 0 spiro atoms. The van der Waals surface area contributed by atoms with E-state index in [9.17, 15) is 4.79 Å². The Labute approximate surface area is 197 Å². The molecule has 2 aromatic heterocycles. The van der Waals surface area contributed by atoms with Crippen LogP contribution >= 0.6 is 0 Å². The highest BCUT2D eigenvalue weighted by Crippen LogP contribution is 2.32. The molecule has 0 bridgehead atoms.